The topological polar surface area (TPSA) is 47.6 Å². The maximum Gasteiger partial charge on any atom is 0.211 e. The van der Waals surface area contributed by atoms with Crippen LogP contribution in [0.5, 0.6) is 11.5 Å². The van der Waals surface area contributed by atoms with Crippen molar-refractivity contribution in [1.82, 2.24) is 5.32 Å². The lowest BCUT2D eigenvalue weighted by molar-refractivity contribution is -0.108. The van der Waals surface area contributed by atoms with Crippen molar-refractivity contribution in [1.29, 1.82) is 0 Å². The Kier molecular flexibility index (Phi) is 4.22. The largest absolute Gasteiger partial charge is 0.496 e. The highest BCUT2D eigenvalue weighted by Crippen LogP contribution is 2.29. The third-order valence-electron chi connectivity index (χ3n) is 1.88. The molecule has 0 aliphatic heterocycles. The van der Waals surface area contributed by atoms with Crippen LogP contribution in [0.4, 0.5) is 0 Å². The van der Waals surface area contributed by atoms with Crippen LogP contribution < -0.4 is 14.8 Å². The number of methoxy groups -OCH3 is 2. The average molecular weight is 207 g/mol. The zero-order valence-corrected chi connectivity index (χ0v) is 8.69. The number of carbonyl (C=O) groups excluding carboxylic acids is 1. The number of nitrogens with one attached hydrogen (secondary N) is 1. The van der Waals surface area contributed by atoms with E-state index in [0.717, 1.165) is 5.56 Å². The minimum Gasteiger partial charge on any atom is -0.496 e. The van der Waals surface area contributed by atoms with Gasteiger partial charge in [-0.2, -0.15) is 0 Å². The molecule has 0 atom stereocenters. The van der Waals surface area contributed by atoms with Crippen molar-refractivity contribution in [3.05, 3.63) is 30.0 Å². The van der Waals surface area contributed by atoms with Crippen molar-refractivity contribution < 1.29 is 14.3 Å². The Hall–Kier alpha value is -1.97. The van der Waals surface area contributed by atoms with Gasteiger partial charge >= 0.3 is 0 Å². The van der Waals surface area contributed by atoms with Crippen LogP contribution in [-0.4, -0.2) is 20.6 Å². The van der Waals surface area contributed by atoms with Crippen LogP contribution in [0.15, 0.2) is 24.4 Å². The summed E-state index contributed by atoms with van der Waals surface area (Å²) in [5, 5.41) is 2.43. The molecule has 0 saturated carbocycles. The molecule has 1 amide bonds. The normalized spacial score (nSPS) is 10.0. The van der Waals surface area contributed by atoms with Gasteiger partial charge in [-0.15, -0.1) is 0 Å². The van der Waals surface area contributed by atoms with Gasteiger partial charge in [-0.1, -0.05) is 6.07 Å². The third kappa shape index (κ3) is 2.74. The molecule has 0 unspecified atom stereocenters. The molecule has 1 aromatic carbocycles. The van der Waals surface area contributed by atoms with Crippen LogP contribution in [0.25, 0.3) is 6.08 Å². The maximum absolute atomic E-state index is 10.1. The SMILES string of the molecule is COc1cccc(OC)c1/C=C/NC=O. The van der Waals surface area contributed by atoms with Crippen LogP contribution in [0.1, 0.15) is 5.56 Å². The summed E-state index contributed by atoms with van der Waals surface area (Å²) in [6.45, 7) is 0. The van der Waals surface area contributed by atoms with Crippen LogP contribution in [-0.2, 0) is 4.79 Å². The highest BCUT2D eigenvalue weighted by molar-refractivity contribution is 5.65. The van der Waals surface area contributed by atoms with Gasteiger partial charge in [-0.3, -0.25) is 4.79 Å². The molecule has 0 fully saturated rings. The molecule has 0 heterocycles. The average Bonchev–Trinajstić information content (AvgIpc) is 2.29. The number of ether oxygens (including phenoxy) is 2. The molecule has 0 saturated heterocycles. The van der Waals surface area contributed by atoms with Crippen molar-refractivity contribution >= 4 is 12.5 Å². The van der Waals surface area contributed by atoms with Crippen molar-refractivity contribution in [3.63, 3.8) is 0 Å². The van der Waals surface area contributed by atoms with Crippen LogP contribution in [0.3, 0.4) is 0 Å². The number of amides is 1. The molecular weight excluding hydrogens is 194 g/mol. The summed E-state index contributed by atoms with van der Waals surface area (Å²) in [5.74, 6) is 1.39. The Morgan fingerprint density at radius 1 is 1.20 bits per heavy atom. The van der Waals surface area contributed by atoms with Crippen molar-refractivity contribution in [2.75, 3.05) is 14.2 Å². The summed E-state index contributed by atoms with van der Waals surface area (Å²) in [6, 6.07) is 5.48. The smallest absolute Gasteiger partial charge is 0.211 e. The molecule has 80 valence electrons. The highest BCUT2D eigenvalue weighted by Gasteiger charge is 2.05. The lowest BCUT2D eigenvalue weighted by Crippen LogP contribution is -1.99. The van der Waals surface area contributed by atoms with Gasteiger partial charge in [0, 0.05) is 6.20 Å². The predicted molar refractivity (Wildman–Crippen MR) is 57.8 cm³/mol. The van der Waals surface area contributed by atoms with E-state index < -0.39 is 0 Å². The minimum atomic E-state index is 0.596. The van der Waals surface area contributed by atoms with E-state index in [1.165, 1.54) is 6.20 Å². The Morgan fingerprint density at radius 3 is 2.27 bits per heavy atom. The highest BCUT2D eigenvalue weighted by atomic mass is 16.5. The van der Waals surface area contributed by atoms with Gasteiger partial charge in [0.25, 0.3) is 0 Å². The van der Waals surface area contributed by atoms with Gasteiger partial charge < -0.3 is 14.8 Å². The van der Waals surface area contributed by atoms with Crippen molar-refractivity contribution in [2.24, 2.45) is 0 Å². The van der Waals surface area contributed by atoms with E-state index in [1.54, 1.807) is 20.3 Å². The Morgan fingerprint density at radius 2 is 1.80 bits per heavy atom. The van der Waals surface area contributed by atoms with Crippen molar-refractivity contribution in [3.8, 4) is 11.5 Å². The molecule has 0 aliphatic carbocycles. The van der Waals surface area contributed by atoms with Gasteiger partial charge in [0.05, 0.1) is 19.8 Å². The van der Waals surface area contributed by atoms with E-state index in [2.05, 4.69) is 5.32 Å². The lowest BCUT2D eigenvalue weighted by atomic mass is 10.1. The summed E-state index contributed by atoms with van der Waals surface area (Å²) in [5.41, 5.74) is 0.789. The van der Waals surface area contributed by atoms with E-state index >= 15 is 0 Å². The molecular formula is C11H13NO3. The van der Waals surface area contributed by atoms with E-state index in [-0.39, 0.29) is 0 Å². The van der Waals surface area contributed by atoms with Gasteiger partial charge in [-0.25, -0.2) is 0 Å². The van der Waals surface area contributed by atoms with Crippen LogP contribution in [0, 0.1) is 0 Å². The fourth-order valence-corrected chi connectivity index (χ4v) is 1.21. The Balaban J connectivity index is 3.04. The molecule has 0 aliphatic rings. The first kappa shape index (κ1) is 11.1. The second-order valence-corrected chi connectivity index (χ2v) is 2.69. The summed E-state index contributed by atoms with van der Waals surface area (Å²) < 4.78 is 10.3. The van der Waals surface area contributed by atoms with Gasteiger partial charge in [0.1, 0.15) is 11.5 Å². The Bertz CT molecular complexity index is 339. The monoisotopic (exact) mass is 207 g/mol. The molecule has 1 aromatic rings. The number of benzene rings is 1. The number of rotatable bonds is 5. The summed E-state index contributed by atoms with van der Waals surface area (Å²) in [6.07, 6.45) is 3.83. The number of hydrogen-bond acceptors (Lipinski definition) is 3. The second kappa shape index (κ2) is 5.70. The molecule has 0 aromatic heterocycles. The Labute approximate surface area is 88.5 Å². The third-order valence-corrected chi connectivity index (χ3v) is 1.88. The fourth-order valence-electron chi connectivity index (χ4n) is 1.21. The second-order valence-electron chi connectivity index (χ2n) is 2.69. The quantitative estimate of drug-likeness (QED) is 0.743. The van der Waals surface area contributed by atoms with Crippen LogP contribution >= 0.6 is 0 Å². The number of carbonyl (C=O) groups is 1. The van der Waals surface area contributed by atoms with Gasteiger partial charge in [0.15, 0.2) is 0 Å². The molecule has 4 nitrogen and oxygen atoms in total. The molecule has 15 heavy (non-hydrogen) atoms. The minimum absolute atomic E-state index is 0.596. The van der Waals surface area contributed by atoms with Gasteiger partial charge in [0.2, 0.25) is 6.41 Å². The van der Waals surface area contributed by atoms with E-state index in [1.807, 2.05) is 18.2 Å². The summed E-state index contributed by atoms with van der Waals surface area (Å²) >= 11 is 0. The molecule has 1 N–H and O–H groups in total. The molecule has 0 spiro atoms. The van der Waals surface area contributed by atoms with E-state index in [9.17, 15) is 4.79 Å². The first-order valence-corrected chi connectivity index (χ1v) is 4.40. The molecule has 1 rings (SSSR count). The number of hydrogen-bond donors (Lipinski definition) is 1. The maximum atomic E-state index is 10.1. The molecule has 4 heteroatoms. The summed E-state index contributed by atoms with van der Waals surface area (Å²) in [4.78, 5) is 10.1. The van der Waals surface area contributed by atoms with Crippen LogP contribution in [0.2, 0.25) is 0 Å². The lowest BCUT2D eigenvalue weighted by Gasteiger charge is -2.09. The van der Waals surface area contributed by atoms with E-state index in [0.29, 0.717) is 17.9 Å². The first-order chi connectivity index (χ1) is 7.33. The first-order valence-electron chi connectivity index (χ1n) is 4.40. The zero-order valence-electron chi connectivity index (χ0n) is 8.69. The molecule has 0 bridgehead atoms. The summed E-state index contributed by atoms with van der Waals surface area (Å²) in [7, 11) is 3.17. The van der Waals surface area contributed by atoms with E-state index in [4.69, 9.17) is 9.47 Å². The molecule has 0 radical (unpaired) electrons. The predicted octanol–water partition coefficient (Wildman–Crippen LogP) is 1.42. The van der Waals surface area contributed by atoms with Gasteiger partial charge in [-0.05, 0) is 18.2 Å². The van der Waals surface area contributed by atoms with Crippen molar-refractivity contribution in [2.45, 2.75) is 0 Å². The standard InChI is InChI=1S/C11H13NO3/c1-14-10-4-3-5-11(15-2)9(10)6-7-12-8-13/h3-8H,1-2H3,(H,12,13)/b7-6+. The fraction of sp³-hybridized carbons (Fsp3) is 0.182. The zero-order chi connectivity index (χ0) is 11.1.